The molecule has 12 heteroatoms. The van der Waals surface area contributed by atoms with Crippen LogP contribution in [0.15, 0.2) is 91.5 Å². The topological polar surface area (TPSA) is 101 Å². The van der Waals surface area contributed by atoms with E-state index in [9.17, 15) is 9.50 Å². The first-order chi connectivity index (χ1) is 21.4. The summed E-state index contributed by atoms with van der Waals surface area (Å²) in [5, 5.41) is 28.4. The summed E-state index contributed by atoms with van der Waals surface area (Å²) in [5.74, 6) is -1.04. The molecule has 228 valence electrons. The summed E-state index contributed by atoms with van der Waals surface area (Å²) in [4.78, 5) is 8.84. The average Bonchev–Trinajstić information content (AvgIpc) is 3.74. The molecule has 6 rings (SSSR count). The molecule has 0 aliphatic carbocycles. The third-order valence-corrected chi connectivity index (χ3v) is 8.54. The van der Waals surface area contributed by atoms with Gasteiger partial charge in [0, 0.05) is 50.8 Å². The van der Waals surface area contributed by atoms with Crippen LogP contribution in [-0.2, 0) is 18.6 Å². The fourth-order valence-corrected chi connectivity index (χ4v) is 6.11. The molecule has 2 aromatic heterocycles. The van der Waals surface area contributed by atoms with Gasteiger partial charge in [0.05, 0.1) is 18.6 Å². The number of halogens is 2. The first kappa shape index (κ1) is 29.7. The summed E-state index contributed by atoms with van der Waals surface area (Å²) in [6, 6.07) is 23.7. The van der Waals surface area contributed by atoms with Crippen molar-refractivity contribution in [2.75, 3.05) is 32.7 Å². The van der Waals surface area contributed by atoms with Gasteiger partial charge in [0.2, 0.25) is 0 Å². The fourth-order valence-electron chi connectivity index (χ4n) is 6.11. The number of hydrogen-bond donors (Lipinski definition) is 1. The van der Waals surface area contributed by atoms with E-state index >= 15 is 4.39 Å². The molecule has 1 aliphatic heterocycles. The molecule has 1 saturated heterocycles. The van der Waals surface area contributed by atoms with Crippen molar-refractivity contribution in [3.63, 3.8) is 0 Å². The smallest absolute Gasteiger partial charge is 0.153 e. The summed E-state index contributed by atoms with van der Waals surface area (Å²) in [6.45, 7) is 5.85. The quantitative estimate of drug-likeness (QED) is 0.246. The highest BCUT2D eigenvalue weighted by molar-refractivity contribution is 5.32. The summed E-state index contributed by atoms with van der Waals surface area (Å²) in [6.07, 6.45) is 3.29. The van der Waals surface area contributed by atoms with Crippen molar-refractivity contribution < 1.29 is 13.9 Å². The van der Waals surface area contributed by atoms with E-state index in [2.05, 4.69) is 83.9 Å². The van der Waals surface area contributed by atoms with Gasteiger partial charge in [-0.3, -0.25) is 4.90 Å². The van der Waals surface area contributed by atoms with Crippen molar-refractivity contribution in [2.24, 2.45) is 0 Å². The van der Waals surface area contributed by atoms with Crippen molar-refractivity contribution in [3.05, 3.63) is 126 Å². The van der Waals surface area contributed by atoms with Crippen molar-refractivity contribution >= 4 is 0 Å². The standard InChI is InChI=1S/C32H35F2N9O/c1-24(32(44,21-42-23-35-22-36-42)28-13-12-27(33)20-29(28)34)43-30(37-38-39-43)14-15-40-16-18-41(19-17-40)31(25-8-4-2-5-9-25)26-10-6-3-7-11-26/h2-13,20,22-24,31,44H,14-19,21H2,1H3. The van der Waals surface area contributed by atoms with Crippen LogP contribution in [0.4, 0.5) is 8.78 Å². The van der Waals surface area contributed by atoms with E-state index in [-0.39, 0.29) is 18.2 Å². The number of aliphatic hydroxyl groups is 1. The molecule has 10 nitrogen and oxygen atoms in total. The predicted octanol–water partition coefficient (Wildman–Crippen LogP) is 3.64. The van der Waals surface area contributed by atoms with Gasteiger partial charge in [-0.1, -0.05) is 66.7 Å². The van der Waals surface area contributed by atoms with Gasteiger partial charge < -0.3 is 10.0 Å². The maximum Gasteiger partial charge on any atom is 0.153 e. The van der Waals surface area contributed by atoms with Crippen molar-refractivity contribution in [3.8, 4) is 0 Å². The second kappa shape index (κ2) is 13.1. The molecule has 0 radical (unpaired) electrons. The van der Waals surface area contributed by atoms with Crippen LogP contribution in [0.3, 0.4) is 0 Å². The summed E-state index contributed by atoms with van der Waals surface area (Å²) in [5.41, 5.74) is 0.615. The highest BCUT2D eigenvalue weighted by Crippen LogP contribution is 2.37. The lowest BCUT2D eigenvalue weighted by Crippen LogP contribution is -2.48. The van der Waals surface area contributed by atoms with Crippen LogP contribution in [0.25, 0.3) is 0 Å². The zero-order valence-corrected chi connectivity index (χ0v) is 24.5. The maximum absolute atomic E-state index is 15.1. The first-order valence-electron chi connectivity index (χ1n) is 14.8. The van der Waals surface area contributed by atoms with Crippen molar-refractivity contribution in [2.45, 2.75) is 37.6 Å². The molecule has 2 atom stereocenters. The van der Waals surface area contributed by atoms with E-state index in [0.717, 1.165) is 38.3 Å². The molecule has 0 bridgehead atoms. The Kier molecular flexibility index (Phi) is 8.82. The van der Waals surface area contributed by atoms with Gasteiger partial charge in [0.15, 0.2) is 5.82 Å². The SMILES string of the molecule is CC(n1nnnc1CCN1CCN(C(c2ccccc2)c2ccccc2)CC1)C(O)(Cn1cncn1)c1ccc(F)cc1F. The summed E-state index contributed by atoms with van der Waals surface area (Å²) >= 11 is 0. The van der Waals surface area contributed by atoms with Crippen LogP contribution in [0.2, 0.25) is 0 Å². The van der Waals surface area contributed by atoms with Gasteiger partial charge in [-0.05, 0) is 34.5 Å². The molecule has 0 saturated carbocycles. The number of rotatable bonds is 11. The minimum absolute atomic E-state index is 0.0779. The second-order valence-corrected chi connectivity index (χ2v) is 11.2. The van der Waals surface area contributed by atoms with E-state index in [1.54, 1.807) is 6.92 Å². The molecule has 2 unspecified atom stereocenters. The zero-order chi connectivity index (χ0) is 30.5. The van der Waals surface area contributed by atoms with E-state index < -0.39 is 23.3 Å². The molecule has 5 aromatic rings. The number of tetrazole rings is 1. The van der Waals surface area contributed by atoms with Crippen LogP contribution in [-0.4, -0.2) is 82.6 Å². The molecule has 44 heavy (non-hydrogen) atoms. The van der Waals surface area contributed by atoms with Crippen LogP contribution >= 0.6 is 0 Å². The minimum Gasteiger partial charge on any atom is -0.381 e. The van der Waals surface area contributed by atoms with Gasteiger partial charge >= 0.3 is 0 Å². The van der Waals surface area contributed by atoms with Crippen LogP contribution in [0.5, 0.6) is 0 Å². The Morgan fingerprint density at radius 1 is 0.909 bits per heavy atom. The number of aromatic nitrogens is 7. The molecule has 0 spiro atoms. The molecular weight excluding hydrogens is 564 g/mol. The normalized spacial score (nSPS) is 16.7. The Morgan fingerprint density at radius 3 is 2.20 bits per heavy atom. The highest BCUT2D eigenvalue weighted by atomic mass is 19.1. The van der Waals surface area contributed by atoms with Crippen molar-refractivity contribution in [1.82, 2.24) is 44.8 Å². The average molecular weight is 600 g/mol. The van der Waals surface area contributed by atoms with E-state index in [4.69, 9.17) is 0 Å². The molecular formula is C32H35F2N9O. The Balaban J connectivity index is 1.15. The second-order valence-electron chi connectivity index (χ2n) is 11.2. The number of nitrogens with zero attached hydrogens (tertiary/aromatic N) is 9. The highest BCUT2D eigenvalue weighted by Gasteiger charge is 2.42. The molecule has 0 amide bonds. The third-order valence-electron chi connectivity index (χ3n) is 8.54. The van der Waals surface area contributed by atoms with Gasteiger partial charge in [0.25, 0.3) is 0 Å². The number of benzene rings is 3. The number of piperazine rings is 1. The van der Waals surface area contributed by atoms with Crippen molar-refractivity contribution in [1.29, 1.82) is 0 Å². The Labute approximate surface area is 254 Å². The lowest BCUT2D eigenvalue weighted by atomic mass is 9.86. The van der Waals surface area contributed by atoms with E-state index in [0.29, 0.717) is 18.8 Å². The predicted molar refractivity (Wildman–Crippen MR) is 159 cm³/mol. The zero-order valence-electron chi connectivity index (χ0n) is 24.5. The molecule has 1 N–H and O–H groups in total. The van der Waals surface area contributed by atoms with Gasteiger partial charge in [-0.25, -0.2) is 23.1 Å². The largest absolute Gasteiger partial charge is 0.381 e. The Morgan fingerprint density at radius 2 is 1.59 bits per heavy atom. The first-order valence-corrected chi connectivity index (χ1v) is 14.8. The fraction of sp³-hybridized carbons (Fsp3) is 0.344. The Hall–Kier alpha value is -4.39. The number of hydrogen-bond acceptors (Lipinski definition) is 8. The van der Waals surface area contributed by atoms with Gasteiger partial charge in [-0.15, -0.1) is 5.10 Å². The van der Waals surface area contributed by atoms with Gasteiger partial charge in [-0.2, -0.15) is 5.10 Å². The molecule has 1 aliphatic rings. The molecule has 3 aromatic carbocycles. The van der Waals surface area contributed by atoms with E-state index in [1.165, 1.54) is 39.2 Å². The van der Waals surface area contributed by atoms with E-state index in [1.807, 2.05) is 12.1 Å². The lowest BCUT2D eigenvalue weighted by Gasteiger charge is -2.40. The minimum atomic E-state index is -1.86. The Bertz CT molecular complexity index is 1590. The third kappa shape index (κ3) is 6.28. The monoisotopic (exact) mass is 599 g/mol. The van der Waals surface area contributed by atoms with Crippen LogP contribution < -0.4 is 0 Å². The van der Waals surface area contributed by atoms with Gasteiger partial charge in [0.1, 0.15) is 29.9 Å². The molecule has 3 heterocycles. The summed E-state index contributed by atoms with van der Waals surface area (Å²) in [7, 11) is 0. The lowest BCUT2D eigenvalue weighted by molar-refractivity contribution is -0.0384. The van der Waals surface area contributed by atoms with Crippen LogP contribution in [0, 0.1) is 11.6 Å². The van der Waals surface area contributed by atoms with Crippen LogP contribution in [0.1, 0.15) is 41.5 Å². The maximum atomic E-state index is 15.1. The summed E-state index contributed by atoms with van der Waals surface area (Å²) < 4.78 is 31.8. The molecule has 1 fully saturated rings.